The number of aliphatic carboxylic acids is 1. The maximum Gasteiger partial charge on any atom is 0.308 e. The first kappa shape index (κ1) is 15.0. The Balaban J connectivity index is 2.72. The third kappa shape index (κ3) is 4.96. The summed E-state index contributed by atoms with van der Waals surface area (Å²) in [5, 5.41) is 21.1. The minimum Gasteiger partial charge on any atom is -0.481 e. The number of carboxylic acid groups (broad SMARTS) is 1. The maximum absolute atomic E-state index is 11.2. The van der Waals surface area contributed by atoms with Crippen LogP contribution in [0.4, 0.5) is 5.82 Å². The predicted molar refractivity (Wildman–Crippen MR) is 72.6 cm³/mol. The molecular formula is C14H19N3O2. The molecule has 0 aliphatic rings. The van der Waals surface area contributed by atoms with E-state index >= 15 is 0 Å². The molecule has 0 radical (unpaired) electrons. The average Bonchev–Trinajstić information content (AvgIpc) is 2.33. The van der Waals surface area contributed by atoms with Gasteiger partial charge in [0, 0.05) is 12.7 Å². The van der Waals surface area contributed by atoms with Crippen LogP contribution < -0.4 is 5.32 Å². The number of nitrogens with one attached hydrogen (secondary N) is 1. The molecule has 5 heteroatoms. The zero-order valence-electron chi connectivity index (χ0n) is 11.5. The van der Waals surface area contributed by atoms with E-state index in [-0.39, 0.29) is 12.0 Å². The van der Waals surface area contributed by atoms with E-state index in [1.807, 2.05) is 26.8 Å². The van der Waals surface area contributed by atoms with Crippen LogP contribution in [-0.4, -0.2) is 22.6 Å². The van der Waals surface area contributed by atoms with E-state index in [4.69, 9.17) is 5.26 Å². The highest BCUT2D eigenvalue weighted by Crippen LogP contribution is 2.25. The number of pyridine rings is 1. The highest BCUT2D eigenvalue weighted by molar-refractivity contribution is 5.71. The normalized spacial score (nSPS) is 12.5. The van der Waals surface area contributed by atoms with Gasteiger partial charge in [-0.15, -0.1) is 0 Å². The average molecular weight is 261 g/mol. The molecule has 0 fully saturated rings. The Bertz CT molecular complexity index is 486. The fraction of sp³-hybridized carbons (Fsp3) is 0.500. The van der Waals surface area contributed by atoms with Crippen molar-refractivity contribution in [1.29, 1.82) is 5.26 Å². The van der Waals surface area contributed by atoms with E-state index in [9.17, 15) is 9.90 Å². The van der Waals surface area contributed by atoms with Gasteiger partial charge in [0.1, 0.15) is 11.9 Å². The SMILES string of the molecule is CC(C)(C)CC(CNc1ncccc1C#N)C(=O)O. The first-order valence-corrected chi connectivity index (χ1v) is 6.15. The summed E-state index contributed by atoms with van der Waals surface area (Å²) in [4.78, 5) is 15.3. The van der Waals surface area contributed by atoms with Gasteiger partial charge in [-0.05, 0) is 24.0 Å². The van der Waals surface area contributed by atoms with Crippen LogP contribution >= 0.6 is 0 Å². The van der Waals surface area contributed by atoms with Gasteiger partial charge in [-0.25, -0.2) is 4.98 Å². The number of hydrogen-bond acceptors (Lipinski definition) is 4. The van der Waals surface area contributed by atoms with Crippen molar-refractivity contribution in [3.8, 4) is 6.07 Å². The number of rotatable bonds is 5. The van der Waals surface area contributed by atoms with Gasteiger partial charge < -0.3 is 10.4 Å². The number of carboxylic acids is 1. The summed E-state index contributed by atoms with van der Waals surface area (Å²) >= 11 is 0. The molecule has 0 amide bonds. The van der Waals surface area contributed by atoms with Gasteiger partial charge in [-0.3, -0.25) is 4.79 Å². The number of anilines is 1. The molecule has 0 aliphatic heterocycles. The molecule has 0 bridgehead atoms. The molecule has 0 aromatic carbocycles. The van der Waals surface area contributed by atoms with Crippen LogP contribution in [0, 0.1) is 22.7 Å². The molecule has 0 aliphatic carbocycles. The second kappa shape index (κ2) is 6.19. The van der Waals surface area contributed by atoms with Gasteiger partial charge in [0.2, 0.25) is 0 Å². The summed E-state index contributed by atoms with van der Waals surface area (Å²) in [6.45, 7) is 6.28. The topological polar surface area (TPSA) is 86.0 Å². The Morgan fingerprint density at radius 1 is 1.58 bits per heavy atom. The van der Waals surface area contributed by atoms with Crippen molar-refractivity contribution in [2.45, 2.75) is 27.2 Å². The van der Waals surface area contributed by atoms with Crippen LogP contribution in [0.5, 0.6) is 0 Å². The van der Waals surface area contributed by atoms with Crippen LogP contribution in [0.15, 0.2) is 18.3 Å². The van der Waals surface area contributed by atoms with Crippen molar-refractivity contribution in [2.24, 2.45) is 11.3 Å². The Kier molecular flexibility index (Phi) is 4.87. The van der Waals surface area contributed by atoms with Crippen molar-refractivity contribution in [1.82, 2.24) is 4.98 Å². The summed E-state index contributed by atoms with van der Waals surface area (Å²) in [7, 11) is 0. The minimum absolute atomic E-state index is 0.0626. The fourth-order valence-corrected chi connectivity index (χ4v) is 1.84. The molecule has 0 spiro atoms. The molecule has 5 nitrogen and oxygen atoms in total. The Morgan fingerprint density at radius 3 is 2.79 bits per heavy atom. The third-order valence-electron chi connectivity index (χ3n) is 2.65. The van der Waals surface area contributed by atoms with Crippen molar-refractivity contribution in [3.63, 3.8) is 0 Å². The molecule has 1 aromatic rings. The van der Waals surface area contributed by atoms with Gasteiger partial charge >= 0.3 is 5.97 Å². The second-order valence-electron chi connectivity index (χ2n) is 5.69. The monoisotopic (exact) mass is 261 g/mol. The largest absolute Gasteiger partial charge is 0.481 e. The number of aromatic nitrogens is 1. The van der Waals surface area contributed by atoms with Gasteiger partial charge in [0.05, 0.1) is 11.5 Å². The molecule has 1 atom stereocenters. The van der Waals surface area contributed by atoms with E-state index in [1.165, 1.54) is 0 Å². The number of hydrogen-bond donors (Lipinski definition) is 2. The quantitative estimate of drug-likeness (QED) is 0.850. The van der Waals surface area contributed by atoms with Crippen LogP contribution in [0.2, 0.25) is 0 Å². The standard InChI is InChI=1S/C14H19N3O2/c1-14(2,3)7-11(13(18)19)9-17-12-10(8-15)5-4-6-16-12/h4-6,11H,7,9H2,1-3H3,(H,16,17)(H,18,19). The molecule has 1 rings (SSSR count). The lowest BCUT2D eigenvalue weighted by Gasteiger charge is -2.23. The van der Waals surface area contributed by atoms with E-state index in [2.05, 4.69) is 10.3 Å². The molecule has 1 unspecified atom stereocenters. The molecule has 1 heterocycles. The van der Waals surface area contributed by atoms with E-state index in [0.29, 0.717) is 17.8 Å². The van der Waals surface area contributed by atoms with Gasteiger partial charge in [0.15, 0.2) is 0 Å². The summed E-state index contributed by atoms with van der Waals surface area (Å²) in [5.41, 5.74) is 0.356. The zero-order chi connectivity index (χ0) is 14.5. The molecule has 2 N–H and O–H groups in total. The molecule has 0 saturated heterocycles. The highest BCUT2D eigenvalue weighted by atomic mass is 16.4. The van der Waals surface area contributed by atoms with Gasteiger partial charge in [-0.1, -0.05) is 20.8 Å². The summed E-state index contributed by atoms with van der Waals surface area (Å²) in [5.74, 6) is -0.907. The molecule has 0 saturated carbocycles. The van der Waals surface area contributed by atoms with E-state index < -0.39 is 11.9 Å². The van der Waals surface area contributed by atoms with Crippen molar-refractivity contribution in [3.05, 3.63) is 23.9 Å². The molecule has 19 heavy (non-hydrogen) atoms. The van der Waals surface area contributed by atoms with E-state index in [0.717, 1.165) is 0 Å². The van der Waals surface area contributed by atoms with Crippen molar-refractivity contribution >= 4 is 11.8 Å². The number of nitriles is 1. The lowest BCUT2D eigenvalue weighted by atomic mass is 9.84. The molecule has 1 aromatic heterocycles. The number of nitrogens with zero attached hydrogens (tertiary/aromatic N) is 2. The van der Waals surface area contributed by atoms with E-state index in [1.54, 1.807) is 18.3 Å². The highest BCUT2D eigenvalue weighted by Gasteiger charge is 2.24. The summed E-state index contributed by atoms with van der Waals surface area (Å²) in [6, 6.07) is 5.35. The first-order chi connectivity index (χ1) is 8.83. The Hall–Kier alpha value is -2.09. The Labute approximate surface area is 113 Å². The molecular weight excluding hydrogens is 242 g/mol. The van der Waals surface area contributed by atoms with Gasteiger partial charge in [0.25, 0.3) is 0 Å². The number of carbonyl (C=O) groups is 1. The van der Waals surface area contributed by atoms with Crippen LogP contribution in [0.25, 0.3) is 0 Å². The minimum atomic E-state index is -0.836. The first-order valence-electron chi connectivity index (χ1n) is 6.15. The van der Waals surface area contributed by atoms with Gasteiger partial charge in [-0.2, -0.15) is 5.26 Å². The van der Waals surface area contributed by atoms with Crippen LogP contribution in [0.3, 0.4) is 0 Å². The smallest absolute Gasteiger partial charge is 0.308 e. The molecule has 102 valence electrons. The maximum atomic E-state index is 11.2. The fourth-order valence-electron chi connectivity index (χ4n) is 1.84. The summed E-state index contributed by atoms with van der Waals surface area (Å²) in [6.07, 6.45) is 2.13. The van der Waals surface area contributed by atoms with Crippen molar-refractivity contribution < 1.29 is 9.90 Å². The summed E-state index contributed by atoms with van der Waals surface area (Å²) < 4.78 is 0. The van der Waals surface area contributed by atoms with Crippen molar-refractivity contribution in [2.75, 3.05) is 11.9 Å². The van der Waals surface area contributed by atoms with Crippen LogP contribution in [-0.2, 0) is 4.79 Å². The Morgan fingerprint density at radius 2 is 2.26 bits per heavy atom. The zero-order valence-corrected chi connectivity index (χ0v) is 11.5. The lowest BCUT2D eigenvalue weighted by molar-refractivity contribution is -0.142. The second-order valence-corrected chi connectivity index (χ2v) is 5.69. The van der Waals surface area contributed by atoms with Crippen LogP contribution in [0.1, 0.15) is 32.8 Å². The lowest BCUT2D eigenvalue weighted by Crippen LogP contribution is -2.27. The predicted octanol–water partition coefficient (Wildman–Crippen LogP) is 2.50. The third-order valence-corrected chi connectivity index (χ3v) is 2.65.